The lowest BCUT2D eigenvalue weighted by molar-refractivity contribution is -0.143. The molecule has 0 spiro atoms. The van der Waals surface area contributed by atoms with E-state index >= 15 is 0 Å². The van der Waals surface area contributed by atoms with Gasteiger partial charge >= 0.3 is 16.4 Å². The molecule has 0 bridgehead atoms. The molecule has 0 aliphatic heterocycles. The van der Waals surface area contributed by atoms with Gasteiger partial charge in [0, 0.05) is 13.0 Å². The van der Waals surface area contributed by atoms with Gasteiger partial charge in [0.1, 0.15) is 17.5 Å². The van der Waals surface area contributed by atoms with Crippen LogP contribution in [0.3, 0.4) is 0 Å². The van der Waals surface area contributed by atoms with Crippen molar-refractivity contribution in [1.82, 2.24) is 10.6 Å². The molecule has 2 aromatic carbocycles. The van der Waals surface area contributed by atoms with Crippen molar-refractivity contribution >= 4 is 38.3 Å². The van der Waals surface area contributed by atoms with E-state index in [1.807, 2.05) is 30.3 Å². The Labute approximate surface area is 332 Å². The maximum absolute atomic E-state index is 11.6. The van der Waals surface area contributed by atoms with Gasteiger partial charge in [0.25, 0.3) is 10.1 Å². The predicted molar refractivity (Wildman–Crippen MR) is 214 cm³/mol. The molecule has 0 aliphatic carbocycles. The maximum Gasteiger partial charge on any atom is 0.446 e. The van der Waals surface area contributed by atoms with Gasteiger partial charge in [0.15, 0.2) is 0 Å². The second kappa shape index (κ2) is 31.3. The van der Waals surface area contributed by atoms with Crippen LogP contribution >= 0.6 is 0 Å². The number of carboxylic acids is 1. The van der Waals surface area contributed by atoms with Crippen LogP contribution in [0.15, 0.2) is 54.6 Å². The fourth-order valence-corrected chi connectivity index (χ4v) is 5.83. The summed E-state index contributed by atoms with van der Waals surface area (Å²) in [5.74, 6) is -2.52. The Kier molecular flexibility index (Phi) is 29.2. The van der Waals surface area contributed by atoms with Gasteiger partial charge in [-0.15, -0.1) is 0 Å². The molecule has 2 atom stereocenters. The lowest BCUT2D eigenvalue weighted by atomic mass is 10.0. The summed E-state index contributed by atoms with van der Waals surface area (Å²) < 4.78 is 62.2. The van der Waals surface area contributed by atoms with E-state index in [9.17, 15) is 31.2 Å². The Bertz CT molecular complexity index is 1560. The van der Waals surface area contributed by atoms with Crippen molar-refractivity contribution in [2.75, 3.05) is 18.9 Å². The quantitative estimate of drug-likeness (QED) is 0.0437. The van der Waals surface area contributed by atoms with E-state index in [-0.39, 0.29) is 24.0 Å². The number of nitrogens with one attached hydrogen (secondary N) is 2. The Morgan fingerprint density at radius 3 is 1.66 bits per heavy atom. The zero-order valence-corrected chi connectivity index (χ0v) is 34.0. The van der Waals surface area contributed by atoms with Crippen LogP contribution in [0.4, 0.5) is 0 Å². The fourth-order valence-electron chi connectivity index (χ4n) is 5.11. The van der Waals surface area contributed by atoms with Gasteiger partial charge in [-0.05, 0) is 42.7 Å². The number of hydrogen-bond acceptors (Lipinski definition) is 11. The SMILES string of the molecule is CCCCCCCCCCCCCCCCCC(=O)NCCS(=O)(=O)O.NC(Cc1ccccc1)C(=O)NC(CO)C(=O)O.O=S(=O)(O)Oc1ccc(O)cc1. The van der Waals surface area contributed by atoms with E-state index in [0.717, 1.165) is 24.8 Å². The molecule has 2 aromatic rings. The van der Waals surface area contributed by atoms with Crippen molar-refractivity contribution < 1.29 is 59.8 Å². The molecule has 2 amide bonds. The fraction of sp³-hybridized carbons (Fsp3) is 0.605. The monoisotopic (exact) mass is 833 g/mol. The third-order valence-electron chi connectivity index (χ3n) is 8.16. The van der Waals surface area contributed by atoms with Gasteiger partial charge in [-0.25, -0.2) is 4.79 Å². The third-order valence-corrected chi connectivity index (χ3v) is 9.28. The van der Waals surface area contributed by atoms with Gasteiger partial charge in [-0.3, -0.25) is 18.7 Å². The normalized spacial score (nSPS) is 12.2. The van der Waals surface area contributed by atoms with Crippen LogP contribution < -0.4 is 20.6 Å². The van der Waals surface area contributed by atoms with Crippen molar-refractivity contribution in [2.24, 2.45) is 5.73 Å². The number of aliphatic hydroxyl groups excluding tert-OH is 1. The lowest BCUT2D eigenvalue weighted by Crippen LogP contribution is -2.50. The summed E-state index contributed by atoms with van der Waals surface area (Å²) in [5, 5.41) is 30.9. The highest BCUT2D eigenvalue weighted by Gasteiger charge is 2.22. The molecule has 0 saturated heterocycles. The standard InChI is InChI=1S/C20H41NO4S.C12H16N2O4.C6H6O5S/c1-2-3-4-5-6-7-8-9-10-11-12-13-14-15-16-17-20(22)21-18-19-26(23,24)25;13-9(6-8-4-2-1-3-5-8)11(16)14-10(7-15)12(17)18;7-5-1-3-6(4-2-5)11-12(8,9)10/h2-19H2,1H3,(H,21,22)(H,23,24,25);1-5,9-10,15H,6-7,13H2,(H,14,16)(H,17,18);1-4,7H,(H,8,9,10). The van der Waals surface area contributed by atoms with Crippen LogP contribution in [-0.4, -0.2) is 90.0 Å². The minimum absolute atomic E-state index is 0.0160. The predicted octanol–water partition coefficient (Wildman–Crippen LogP) is 4.94. The number of unbranched alkanes of at least 4 members (excludes halogenated alkanes) is 14. The first-order valence-electron chi connectivity index (χ1n) is 19.1. The second-order valence-corrected chi connectivity index (χ2v) is 15.8. The molecule has 0 radical (unpaired) electrons. The Morgan fingerprint density at radius 2 is 1.23 bits per heavy atom. The molecule has 0 saturated carbocycles. The smallest absolute Gasteiger partial charge is 0.446 e. The number of aliphatic carboxylic acids is 1. The number of carboxylic acid groups (broad SMARTS) is 1. The highest BCUT2D eigenvalue weighted by molar-refractivity contribution is 7.85. The summed E-state index contributed by atoms with van der Waals surface area (Å²) in [6.07, 6.45) is 20.1. The first kappa shape index (κ1) is 52.2. The first-order chi connectivity index (χ1) is 26.5. The highest BCUT2D eigenvalue weighted by Crippen LogP contribution is 2.17. The second-order valence-electron chi connectivity index (χ2n) is 13.2. The van der Waals surface area contributed by atoms with E-state index in [2.05, 4.69) is 21.7 Å². The number of nitrogens with two attached hydrogens (primary N) is 1. The number of benzene rings is 2. The summed E-state index contributed by atoms with van der Waals surface area (Å²) in [7, 11) is -8.46. The molecular formula is C38H63N3O13S2. The van der Waals surface area contributed by atoms with Crippen molar-refractivity contribution in [3.63, 3.8) is 0 Å². The molecule has 18 heteroatoms. The number of aliphatic hydroxyl groups is 1. The van der Waals surface area contributed by atoms with Gasteiger partial charge in [0.2, 0.25) is 11.8 Å². The van der Waals surface area contributed by atoms with E-state index in [1.54, 1.807) is 0 Å². The number of carbonyl (C=O) groups is 3. The van der Waals surface area contributed by atoms with E-state index < -0.39 is 56.8 Å². The largest absolute Gasteiger partial charge is 0.508 e. The average molecular weight is 834 g/mol. The number of phenolic OH excluding ortho intramolecular Hbond substituents is 1. The van der Waals surface area contributed by atoms with Crippen LogP contribution in [-0.2, 0) is 41.3 Å². The zero-order chi connectivity index (χ0) is 42.2. The summed E-state index contributed by atoms with van der Waals surface area (Å²) in [6, 6.07) is 11.9. The maximum atomic E-state index is 11.6. The molecule has 2 unspecified atom stereocenters. The third kappa shape index (κ3) is 32.4. The van der Waals surface area contributed by atoms with Gasteiger partial charge in [0.05, 0.1) is 18.4 Å². The van der Waals surface area contributed by atoms with Gasteiger partial charge in [-0.2, -0.15) is 16.8 Å². The van der Waals surface area contributed by atoms with Crippen LogP contribution in [0, 0.1) is 0 Å². The van der Waals surface area contributed by atoms with Crippen molar-refractivity contribution in [3.8, 4) is 11.5 Å². The number of amides is 2. The van der Waals surface area contributed by atoms with E-state index in [1.165, 1.54) is 101 Å². The van der Waals surface area contributed by atoms with Gasteiger partial charge < -0.3 is 35.9 Å². The zero-order valence-electron chi connectivity index (χ0n) is 32.4. The van der Waals surface area contributed by atoms with Crippen molar-refractivity contribution in [3.05, 3.63) is 60.2 Å². The number of carbonyl (C=O) groups excluding carboxylic acids is 2. The summed E-state index contributed by atoms with van der Waals surface area (Å²) in [6.45, 7) is 1.57. The van der Waals surface area contributed by atoms with Crippen LogP contribution in [0.1, 0.15) is 115 Å². The Morgan fingerprint density at radius 1 is 0.750 bits per heavy atom. The average Bonchev–Trinajstić information content (AvgIpc) is 3.12. The topological polar surface area (TPSA) is 280 Å². The Balaban J connectivity index is 0.000000869. The molecule has 56 heavy (non-hydrogen) atoms. The molecule has 0 heterocycles. The van der Waals surface area contributed by atoms with E-state index in [0.29, 0.717) is 12.8 Å². The molecule has 0 fully saturated rings. The minimum atomic E-state index is -4.47. The number of aromatic hydroxyl groups is 1. The van der Waals surface area contributed by atoms with E-state index in [4.69, 9.17) is 30.2 Å². The molecule has 0 aromatic heterocycles. The highest BCUT2D eigenvalue weighted by atomic mass is 32.3. The number of hydrogen-bond donors (Lipinski definition) is 8. The molecule has 16 nitrogen and oxygen atoms in total. The summed E-state index contributed by atoms with van der Waals surface area (Å²) >= 11 is 0. The Hall–Kier alpha value is -3.81. The molecular weight excluding hydrogens is 771 g/mol. The van der Waals surface area contributed by atoms with Crippen molar-refractivity contribution in [1.29, 1.82) is 0 Å². The molecule has 2 rings (SSSR count). The number of phenols is 1. The van der Waals surface area contributed by atoms with Crippen LogP contribution in [0.25, 0.3) is 0 Å². The molecule has 9 N–H and O–H groups in total. The van der Waals surface area contributed by atoms with Gasteiger partial charge in [-0.1, -0.05) is 127 Å². The van der Waals surface area contributed by atoms with Crippen molar-refractivity contribution in [2.45, 2.75) is 128 Å². The summed E-state index contributed by atoms with van der Waals surface area (Å²) in [4.78, 5) is 33.7. The minimum Gasteiger partial charge on any atom is -0.508 e. The molecule has 320 valence electrons. The van der Waals surface area contributed by atoms with Crippen LogP contribution in [0.2, 0.25) is 0 Å². The number of rotatable bonds is 27. The van der Waals surface area contributed by atoms with Crippen LogP contribution in [0.5, 0.6) is 11.5 Å². The first-order valence-corrected chi connectivity index (χ1v) is 22.1. The lowest BCUT2D eigenvalue weighted by Gasteiger charge is -2.16. The summed E-state index contributed by atoms with van der Waals surface area (Å²) in [5.41, 5.74) is 6.55. The molecule has 0 aliphatic rings.